The molecule has 0 saturated heterocycles. The Bertz CT molecular complexity index is 753. The van der Waals surface area contributed by atoms with Gasteiger partial charge < -0.3 is 28.4 Å². The van der Waals surface area contributed by atoms with Crippen molar-refractivity contribution in [1.29, 1.82) is 0 Å². The van der Waals surface area contributed by atoms with E-state index >= 15 is 0 Å². The Balaban J connectivity index is 2.69. The van der Waals surface area contributed by atoms with Crippen LogP contribution in [-0.4, -0.2) is 70.4 Å². The molecule has 0 aromatic heterocycles. The third kappa shape index (κ3) is 17.0. The summed E-state index contributed by atoms with van der Waals surface area (Å²) in [6.45, 7) is 22.6. The predicted octanol–water partition coefficient (Wildman–Crippen LogP) is 6.54. The number of benzene rings is 1. The highest BCUT2D eigenvalue weighted by Crippen LogP contribution is 2.26. The van der Waals surface area contributed by atoms with E-state index in [1.807, 2.05) is 0 Å². The molecule has 10 heteroatoms. The lowest BCUT2D eigenvalue weighted by atomic mass is 10.2. The van der Waals surface area contributed by atoms with Gasteiger partial charge in [-0.1, -0.05) is 58.9 Å². The largest absolute Gasteiger partial charge is 0.468 e. The molecule has 35 heavy (non-hydrogen) atoms. The first kappa shape index (κ1) is 31.9. The SMILES string of the molecule is C[Si](C)(C)CCOCOC(=O)c1cc(OCOCC[Si](C)(C)C)ccc1OCOCC[Si](C)(C)C. The molecule has 0 bridgehead atoms. The molecular formula is C25H48O7Si3. The van der Waals surface area contributed by atoms with Crippen molar-refractivity contribution in [1.82, 2.24) is 0 Å². The van der Waals surface area contributed by atoms with E-state index in [9.17, 15) is 4.79 Å². The standard InChI is InChI=1S/C25H48O7Si3/c1-33(2,3)15-12-27-19-30-22-10-11-24(31-20-28-13-16-34(4,5)6)23(18-22)25(26)32-21-29-14-17-35(7,8)9/h10-11,18H,12-17,19-21H2,1-9H3. The van der Waals surface area contributed by atoms with Crippen LogP contribution in [0.1, 0.15) is 10.4 Å². The molecule has 0 aliphatic carbocycles. The van der Waals surface area contributed by atoms with Gasteiger partial charge in [0.1, 0.15) is 17.1 Å². The molecule has 1 rings (SSSR count). The number of carbonyl (C=O) groups is 1. The summed E-state index contributed by atoms with van der Waals surface area (Å²) in [5, 5.41) is 0. The lowest BCUT2D eigenvalue weighted by Gasteiger charge is -2.17. The first-order valence-electron chi connectivity index (χ1n) is 12.5. The minimum absolute atomic E-state index is 0.0669. The molecule has 202 valence electrons. The molecular weight excluding hydrogens is 497 g/mol. The highest BCUT2D eigenvalue weighted by Gasteiger charge is 2.18. The summed E-state index contributed by atoms with van der Waals surface area (Å²) in [7, 11) is -3.53. The van der Waals surface area contributed by atoms with Crippen LogP contribution >= 0.6 is 0 Å². The second kappa shape index (κ2) is 15.2. The summed E-state index contributed by atoms with van der Waals surface area (Å²) in [4.78, 5) is 12.8. The van der Waals surface area contributed by atoms with Crippen LogP contribution < -0.4 is 9.47 Å². The Morgan fingerprint density at radius 1 is 0.657 bits per heavy atom. The molecule has 0 unspecified atom stereocenters. The Hall–Kier alpha value is -1.18. The quantitative estimate of drug-likeness (QED) is 0.0899. The summed E-state index contributed by atoms with van der Waals surface area (Å²) in [6, 6.07) is 8.18. The monoisotopic (exact) mass is 544 g/mol. The molecule has 7 nitrogen and oxygen atoms in total. The molecule has 0 spiro atoms. The van der Waals surface area contributed by atoms with Crippen LogP contribution in [0.15, 0.2) is 18.2 Å². The molecule has 1 aromatic rings. The number of esters is 1. The molecule has 0 heterocycles. The van der Waals surface area contributed by atoms with E-state index in [-0.39, 0.29) is 25.9 Å². The average molecular weight is 545 g/mol. The lowest BCUT2D eigenvalue weighted by molar-refractivity contribution is -0.0284. The zero-order chi connectivity index (χ0) is 26.5. The summed E-state index contributed by atoms with van der Waals surface area (Å²) in [6.07, 6.45) is 0. The van der Waals surface area contributed by atoms with E-state index in [0.29, 0.717) is 31.3 Å². The van der Waals surface area contributed by atoms with Crippen LogP contribution in [0.3, 0.4) is 0 Å². The molecule has 0 aliphatic heterocycles. The van der Waals surface area contributed by atoms with Crippen molar-refractivity contribution in [3.63, 3.8) is 0 Å². The molecule has 0 atom stereocenters. The van der Waals surface area contributed by atoms with Gasteiger partial charge in [0, 0.05) is 44.0 Å². The number of ether oxygens (including phenoxy) is 6. The van der Waals surface area contributed by atoms with Crippen molar-refractivity contribution in [2.75, 3.05) is 40.2 Å². The van der Waals surface area contributed by atoms with Gasteiger partial charge in [-0.05, 0) is 36.3 Å². The minimum atomic E-state index is -1.20. The molecule has 0 saturated carbocycles. The second-order valence-electron chi connectivity index (χ2n) is 12.4. The molecule has 0 aliphatic rings. The predicted molar refractivity (Wildman–Crippen MR) is 150 cm³/mol. The van der Waals surface area contributed by atoms with E-state index in [4.69, 9.17) is 28.4 Å². The molecule has 0 radical (unpaired) electrons. The Morgan fingerprint density at radius 3 is 1.60 bits per heavy atom. The highest BCUT2D eigenvalue weighted by molar-refractivity contribution is 6.76. The van der Waals surface area contributed by atoms with Crippen molar-refractivity contribution in [3.05, 3.63) is 23.8 Å². The fraction of sp³-hybridized carbons (Fsp3) is 0.720. The van der Waals surface area contributed by atoms with Crippen molar-refractivity contribution < 1.29 is 33.2 Å². The van der Waals surface area contributed by atoms with Crippen LogP contribution in [0.4, 0.5) is 0 Å². The summed E-state index contributed by atoms with van der Waals surface area (Å²) in [5.41, 5.74) is 0.271. The van der Waals surface area contributed by atoms with E-state index in [2.05, 4.69) is 58.9 Å². The first-order valence-corrected chi connectivity index (χ1v) is 23.6. The van der Waals surface area contributed by atoms with Gasteiger partial charge in [0.2, 0.25) is 0 Å². The van der Waals surface area contributed by atoms with Gasteiger partial charge in [0.15, 0.2) is 20.4 Å². The topological polar surface area (TPSA) is 72.5 Å². The van der Waals surface area contributed by atoms with Gasteiger partial charge in [0.05, 0.1) is 0 Å². The van der Waals surface area contributed by atoms with E-state index in [1.54, 1.807) is 18.2 Å². The van der Waals surface area contributed by atoms with Gasteiger partial charge in [-0.2, -0.15) is 0 Å². The number of hydrogen-bond acceptors (Lipinski definition) is 7. The maximum atomic E-state index is 12.8. The summed E-state index contributed by atoms with van der Waals surface area (Å²) in [5.74, 6) is 0.369. The smallest absolute Gasteiger partial charge is 0.344 e. The zero-order valence-electron chi connectivity index (χ0n) is 23.5. The van der Waals surface area contributed by atoms with Gasteiger partial charge >= 0.3 is 5.97 Å². The van der Waals surface area contributed by atoms with E-state index in [1.165, 1.54) is 0 Å². The number of hydrogen-bond donors (Lipinski definition) is 0. The van der Waals surface area contributed by atoms with Crippen molar-refractivity contribution in [2.24, 2.45) is 0 Å². The third-order valence-corrected chi connectivity index (χ3v) is 10.2. The first-order chi connectivity index (χ1) is 16.2. The molecule has 0 amide bonds. The number of rotatable bonds is 18. The molecule has 0 fully saturated rings. The third-order valence-electron chi connectivity index (χ3n) is 5.04. The van der Waals surface area contributed by atoms with Gasteiger partial charge in [0.25, 0.3) is 0 Å². The van der Waals surface area contributed by atoms with Crippen LogP contribution in [0, 0.1) is 0 Å². The Morgan fingerprint density at radius 2 is 1.11 bits per heavy atom. The van der Waals surface area contributed by atoms with Gasteiger partial charge in [-0.25, -0.2) is 4.79 Å². The maximum absolute atomic E-state index is 12.8. The fourth-order valence-corrected chi connectivity index (χ4v) is 4.85. The van der Waals surface area contributed by atoms with Gasteiger partial charge in [-0.3, -0.25) is 0 Å². The second-order valence-corrected chi connectivity index (χ2v) is 29.3. The maximum Gasteiger partial charge on any atom is 0.344 e. The van der Waals surface area contributed by atoms with E-state index in [0.717, 1.165) is 18.1 Å². The number of carbonyl (C=O) groups excluding carboxylic acids is 1. The van der Waals surface area contributed by atoms with Crippen molar-refractivity contribution in [2.45, 2.75) is 77.1 Å². The van der Waals surface area contributed by atoms with E-state index < -0.39 is 30.2 Å². The molecule has 0 N–H and O–H groups in total. The van der Waals surface area contributed by atoms with Gasteiger partial charge in [-0.15, -0.1) is 0 Å². The zero-order valence-corrected chi connectivity index (χ0v) is 26.5. The summed E-state index contributed by atoms with van der Waals surface area (Å²) < 4.78 is 33.6. The normalized spacial score (nSPS) is 12.5. The average Bonchev–Trinajstić information content (AvgIpc) is 2.71. The van der Waals surface area contributed by atoms with Crippen molar-refractivity contribution in [3.8, 4) is 11.5 Å². The summed E-state index contributed by atoms with van der Waals surface area (Å²) >= 11 is 0. The van der Waals surface area contributed by atoms with Crippen LogP contribution in [0.5, 0.6) is 11.5 Å². The Kier molecular flexibility index (Phi) is 13.8. The fourth-order valence-electron chi connectivity index (χ4n) is 2.58. The van der Waals surface area contributed by atoms with Crippen LogP contribution in [0.2, 0.25) is 77.1 Å². The Labute approximate surface area is 215 Å². The van der Waals surface area contributed by atoms with Crippen LogP contribution in [-0.2, 0) is 18.9 Å². The van der Waals surface area contributed by atoms with Crippen molar-refractivity contribution >= 4 is 30.2 Å². The highest BCUT2D eigenvalue weighted by atomic mass is 28.3. The van der Waals surface area contributed by atoms with Crippen LogP contribution in [0.25, 0.3) is 0 Å². The molecule has 1 aromatic carbocycles. The minimum Gasteiger partial charge on any atom is -0.468 e. The lowest BCUT2D eigenvalue weighted by Crippen LogP contribution is -2.22.